The van der Waals surface area contributed by atoms with Crippen LogP contribution in [0.25, 0.3) is 5.57 Å². The van der Waals surface area contributed by atoms with Crippen molar-refractivity contribution in [2.24, 2.45) is 0 Å². The topological polar surface area (TPSA) is 37.4 Å². The van der Waals surface area contributed by atoms with Crippen LogP contribution in [0, 0.1) is 6.92 Å². The predicted octanol–water partition coefficient (Wildman–Crippen LogP) is 5.61. The second kappa shape index (κ2) is 7.88. The van der Waals surface area contributed by atoms with Crippen molar-refractivity contribution < 1.29 is 8.42 Å². The molecule has 0 aromatic heterocycles. The van der Waals surface area contributed by atoms with E-state index in [2.05, 4.69) is 25.1 Å². The number of para-hydroxylation sites is 1. The maximum Gasteiger partial charge on any atom is 0.264 e. The lowest BCUT2D eigenvalue weighted by molar-refractivity contribution is 0.579. The van der Waals surface area contributed by atoms with Crippen LogP contribution in [0.2, 0.25) is 0 Å². The zero-order chi connectivity index (χ0) is 20.4. The molecule has 1 aliphatic heterocycles. The van der Waals surface area contributed by atoms with Crippen molar-refractivity contribution in [1.82, 2.24) is 0 Å². The molecule has 1 atom stereocenters. The normalized spacial score (nSPS) is 16.3. The fraction of sp³-hybridized carbons (Fsp3) is 0.200. The summed E-state index contributed by atoms with van der Waals surface area (Å²) in [5, 5.41) is 0. The summed E-state index contributed by atoms with van der Waals surface area (Å²) < 4.78 is 29.0. The molecule has 0 radical (unpaired) electrons. The predicted molar refractivity (Wildman–Crippen MR) is 119 cm³/mol. The first-order valence-electron chi connectivity index (χ1n) is 9.90. The summed E-state index contributed by atoms with van der Waals surface area (Å²) in [5.41, 5.74) is 5.10. The van der Waals surface area contributed by atoms with Crippen LogP contribution in [0.3, 0.4) is 0 Å². The van der Waals surface area contributed by atoms with Gasteiger partial charge >= 0.3 is 0 Å². The van der Waals surface area contributed by atoms with E-state index in [-0.39, 0.29) is 6.04 Å². The molecular formula is C25H25NO2S. The minimum atomic E-state index is -3.68. The quantitative estimate of drug-likeness (QED) is 0.555. The molecule has 0 spiro atoms. The molecule has 29 heavy (non-hydrogen) atoms. The van der Waals surface area contributed by atoms with Crippen molar-refractivity contribution in [3.8, 4) is 0 Å². The van der Waals surface area contributed by atoms with Gasteiger partial charge in [-0.2, -0.15) is 0 Å². The van der Waals surface area contributed by atoms with Gasteiger partial charge in [0.05, 0.1) is 16.6 Å². The summed E-state index contributed by atoms with van der Waals surface area (Å²) in [7, 11) is -3.68. The Hall–Kier alpha value is -2.85. The number of aryl methyl sites for hydroxylation is 2. The molecule has 1 heterocycles. The van der Waals surface area contributed by atoms with Crippen molar-refractivity contribution >= 4 is 21.3 Å². The molecule has 0 saturated carbocycles. The highest BCUT2D eigenvalue weighted by Gasteiger charge is 2.34. The first-order chi connectivity index (χ1) is 14.0. The van der Waals surface area contributed by atoms with Gasteiger partial charge in [-0.1, -0.05) is 72.3 Å². The second-order valence-corrected chi connectivity index (χ2v) is 9.39. The maximum atomic E-state index is 13.7. The Morgan fingerprint density at radius 3 is 2.21 bits per heavy atom. The lowest BCUT2D eigenvalue weighted by atomic mass is 9.95. The van der Waals surface area contributed by atoms with Crippen LogP contribution in [0.5, 0.6) is 0 Å². The van der Waals surface area contributed by atoms with Gasteiger partial charge in [-0.25, -0.2) is 8.42 Å². The van der Waals surface area contributed by atoms with Gasteiger partial charge < -0.3 is 0 Å². The molecule has 1 aliphatic rings. The highest BCUT2D eigenvalue weighted by Crippen LogP contribution is 2.38. The molecule has 0 saturated heterocycles. The fourth-order valence-corrected chi connectivity index (χ4v) is 5.56. The second-order valence-electron chi connectivity index (χ2n) is 7.57. The number of hydrogen-bond acceptors (Lipinski definition) is 2. The van der Waals surface area contributed by atoms with Crippen LogP contribution in [-0.4, -0.2) is 14.5 Å². The lowest BCUT2D eigenvalue weighted by Crippen LogP contribution is -2.42. The number of sulfonamides is 1. The highest BCUT2D eigenvalue weighted by atomic mass is 32.2. The molecule has 3 aromatic carbocycles. The monoisotopic (exact) mass is 403 g/mol. The molecule has 0 fully saturated rings. The number of rotatable bonds is 5. The van der Waals surface area contributed by atoms with E-state index in [0.29, 0.717) is 4.90 Å². The largest absolute Gasteiger partial charge is 0.264 e. The Balaban J connectivity index is 1.76. The van der Waals surface area contributed by atoms with E-state index in [4.69, 9.17) is 0 Å². The van der Waals surface area contributed by atoms with E-state index in [1.54, 1.807) is 16.4 Å². The molecule has 148 valence electrons. The summed E-state index contributed by atoms with van der Waals surface area (Å²) in [6.45, 7) is 4.02. The Morgan fingerprint density at radius 2 is 1.48 bits per heavy atom. The standard InChI is InChI=1S/C25H25NO2S/c1-19-12-16-23(17-13-19)29(27,28)26-22(15-14-21-8-4-3-5-9-21)18-20(2)24-10-6-7-11-25(24)26/h3-13,16-18,22H,14-15H2,1-2H3. The van der Waals surface area contributed by atoms with Crippen LogP contribution in [0.4, 0.5) is 5.69 Å². The minimum Gasteiger partial charge on any atom is -0.259 e. The third-order valence-electron chi connectivity index (χ3n) is 5.46. The molecule has 1 unspecified atom stereocenters. The van der Waals surface area contributed by atoms with Gasteiger partial charge in [0.25, 0.3) is 10.0 Å². The van der Waals surface area contributed by atoms with Crippen LogP contribution < -0.4 is 4.31 Å². The molecule has 0 N–H and O–H groups in total. The summed E-state index contributed by atoms with van der Waals surface area (Å²) in [4.78, 5) is 0.329. The average molecular weight is 404 g/mol. The highest BCUT2D eigenvalue weighted by molar-refractivity contribution is 7.92. The van der Waals surface area contributed by atoms with Gasteiger partial charge in [0.1, 0.15) is 0 Å². The van der Waals surface area contributed by atoms with Gasteiger partial charge in [-0.3, -0.25) is 4.31 Å². The van der Waals surface area contributed by atoms with Crippen molar-refractivity contribution in [2.75, 3.05) is 4.31 Å². The summed E-state index contributed by atoms with van der Waals surface area (Å²) in [5.74, 6) is 0. The van der Waals surface area contributed by atoms with Crippen molar-refractivity contribution in [3.63, 3.8) is 0 Å². The number of hydrogen-bond donors (Lipinski definition) is 0. The number of anilines is 1. The van der Waals surface area contributed by atoms with Crippen LogP contribution >= 0.6 is 0 Å². The molecule has 3 aromatic rings. The van der Waals surface area contributed by atoms with E-state index < -0.39 is 10.0 Å². The third kappa shape index (κ3) is 3.85. The Bertz CT molecular complexity index is 1130. The van der Waals surface area contributed by atoms with Gasteiger partial charge in [0.2, 0.25) is 0 Å². The zero-order valence-electron chi connectivity index (χ0n) is 16.7. The molecule has 3 nitrogen and oxygen atoms in total. The van der Waals surface area contributed by atoms with E-state index in [0.717, 1.165) is 35.2 Å². The molecule has 0 bridgehead atoms. The number of nitrogens with zero attached hydrogens (tertiary/aromatic N) is 1. The molecule has 4 heteroatoms. The van der Waals surface area contributed by atoms with Crippen molar-refractivity contribution in [3.05, 3.63) is 102 Å². The van der Waals surface area contributed by atoms with Crippen molar-refractivity contribution in [1.29, 1.82) is 0 Å². The van der Waals surface area contributed by atoms with E-state index in [9.17, 15) is 8.42 Å². The Labute approximate surface area is 173 Å². The summed E-state index contributed by atoms with van der Waals surface area (Å²) in [6, 6.07) is 24.9. The van der Waals surface area contributed by atoms with Crippen molar-refractivity contribution in [2.45, 2.75) is 37.6 Å². The van der Waals surface area contributed by atoms with Gasteiger partial charge in [0, 0.05) is 5.56 Å². The Kier molecular flexibility index (Phi) is 5.29. The van der Waals surface area contributed by atoms with E-state index in [1.165, 1.54) is 5.56 Å². The SMILES string of the molecule is CC1=CC(CCc2ccccc2)N(S(=O)(=O)c2ccc(C)cc2)c2ccccc21. The summed E-state index contributed by atoms with van der Waals surface area (Å²) >= 11 is 0. The van der Waals surface area contributed by atoms with Gasteiger partial charge in [-0.15, -0.1) is 0 Å². The van der Waals surface area contributed by atoms with Crippen LogP contribution in [0.15, 0.2) is 89.8 Å². The maximum absolute atomic E-state index is 13.7. The van der Waals surface area contributed by atoms with Crippen LogP contribution in [-0.2, 0) is 16.4 Å². The van der Waals surface area contributed by atoms with E-state index >= 15 is 0 Å². The van der Waals surface area contributed by atoms with Crippen LogP contribution in [0.1, 0.15) is 30.0 Å². The average Bonchev–Trinajstić information content (AvgIpc) is 2.73. The molecular weight excluding hydrogens is 378 g/mol. The van der Waals surface area contributed by atoms with Gasteiger partial charge in [-0.05, 0) is 56.0 Å². The number of benzene rings is 3. The smallest absolute Gasteiger partial charge is 0.259 e. The fourth-order valence-electron chi connectivity index (χ4n) is 3.92. The Morgan fingerprint density at radius 1 is 0.828 bits per heavy atom. The molecule has 0 aliphatic carbocycles. The third-order valence-corrected chi connectivity index (χ3v) is 7.31. The lowest BCUT2D eigenvalue weighted by Gasteiger charge is -2.36. The summed E-state index contributed by atoms with van der Waals surface area (Å²) in [6.07, 6.45) is 3.63. The first kappa shape index (κ1) is 19.5. The first-order valence-corrected chi connectivity index (χ1v) is 11.3. The minimum absolute atomic E-state index is 0.226. The van der Waals surface area contributed by atoms with Gasteiger partial charge in [0.15, 0.2) is 0 Å². The molecule has 0 amide bonds. The van der Waals surface area contributed by atoms with E-state index in [1.807, 2.05) is 61.5 Å². The number of fused-ring (bicyclic) bond motifs is 1. The zero-order valence-corrected chi connectivity index (χ0v) is 17.6. The molecule has 4 rings (SSSR count). The number of allylic oxidation sites excluding steroid dienone is 1.